The molecule has 0 radical (unpaired) electrons. The van der Waals surface area contributed by atoms with Gasteiger partial charge in [0.25, 0.3) is 0 Å². The Morgan fingerprint density at radius 3 is 2.80 bits per heavy atom. The molecule has 0 saturated carbocycles. The minimum Gasteiger partial charge on any atom is -0.448 e. The van der Waals surface area contributed by atoms with E-state index in [0.29, 0.717) is 36.0 Å². The van der Waals surface area contributed by atoms with Crippen LogP contribution in [-0.4, -0.2) is 52.9 Å². The van der Waals surface area contributed by atoms with Gasteiger partial charge in [0.15, 0.2) is 11.6 Å². The lowest BCUT2D eigenvalue weighted by Gasteiger charge is -2.12. The van der Waals surface area contributed by atoms with E-state index in [1.54, 1.807) is 36.7 Å². The Hall–Kier alpha value is -4.11. The second-order valence-corrected chi connectivity index (χ2v) is 9.86. The molecule has 1 aliphatic rings. The van der Waals surface area contributed by atoms with Gasteiger partial charge in [0, 0.05) is 49.7 Å². The third-order valence-electron chi connectivity index (χ3n) is 5.85. The van der Waals surface area contributed by atoms with Crippen molar-refractivity contribution in [2.45, 2.75) is 25.6 Å². The number of nitrogens with zero attached hydrogens (tertiary/aromatic N) is 3. The first-order valence-electron chi connectivity index (χ1n) is 12.7. The summed E-state index contributed by atoms with van der Waals surface area (Å²) in [6.07, 6.45) is 2.48. The van der Waals surface area contributed by atoms with E-state index in [9.17, 15) is 18.0 Å². The van der Waals surface area contributed by atoms with E-state index in [2.05, 4.69) is 41.9 Å². The number of H-pyrrole nitrogens is 1. The minimum atomic E-state index is -4.62. The van der Waals surface area contributed by atoms with Crippen molar-refractivity contribution in [1.29, 1.82) is 0 Å². The van der Waals surface area contributed by atoms with Gasteiger partial charge in [0.2, 0.25) is 5.91 Å². The molecule has 214 valence electrons. The van der Waals surface area contributed by atoms with Crippen molar-refractivity contribution in [3.8, 4) is 17.3 Å². The fourth-order valence-electron chi connectivity index (χ4n) is 3.78. The molecule has 0 saturated heterocycles. The van der Waals surface area contributed by atoms with E-state index in [-0.39, 0.29) is 12.1 Å². The smallest absolute Gasteiger partial charge is 0.417 e. The number of imidazole rings is 1. The SMILES string of the molecule is CN(C)CCNCc1cnc(-c2cc(OC3=C=C=CC(CCC(=O)Nc4ccc(Cl)c(C(F)(F)F)c4)=C3)ccn2)[nH]1. The Balaban J connectivity index is 1.31. The molecule has 2 aromatic heterocycles. The van der Waals surface area contributed by atoms with Gasteiger partial charge in [0.1, 0.15) is 11.4 Å². The van der Waals surface area contributed by atoms with Crippen molar-refractivity contribution >= 4 is 23.2 Å². The van der Waals surface area contributed by atoms with Gasteiger partial charge >= 0.3 is 6.18 Å². The highest BCUT2D eigenvalue weighted by atomic mass is 35.5. The minimum absolute atomic E-state index is 0.0152. The fraction of sp³-hybridized carbons (Fsp3) is 0.276. The van der Waals surface area contributed by atoms with Gasteiger partial charge in [-0.2, -0.15) is 13.2 Å². The summed E-state index contributed by atoms with van der Waals surface area (Å²) in [7, 11) is 4.04. The van der Waals surface area contributed by atoms with Gasteiger partial charge < -0.3 is 25.3 Å². The van der Waals surface area contributed by atoms with Crippen molar-refractivity contribution < 1.29 is 22.7 Å². The third kappa shape index (κ3) is 8.94. The largest absolute Gasteiger partial charge is 0.448 e. The second kappa shape index (κ2) is 13.5. The first kappa shape index (κ1) is 29.9. The third-order valence-corrected chi connectivity index (χ3v) is 6.18. The number of rotatable bonds is 12. The Kier molecular flexibility index (Phi) is 9.83. The highest BCUT2D eigenvalue weighted by molar-refractivity contribution is 6.31. The Bertz CT molecular complexity index is 1530. The molecule has 0 aliphatic heterocycles. The van der Waals surface area contributed by atoms with Crippen LogP contribution < -0.4 is 15.4 Å². The zero-order valence-electron chi connectivity index (χ0n) is 22.4. The lowest BCUT2D eigenvalue weighted by Crippen LogP contribution is -2.26. The van der Waals surface area contributed by atoms with Gasteiger partial charge in [-0.25, -0.2) is 4.98 Å². The van der Waals surface area contributed by atoms with Crippen LogP contribution in [0.5, 0.6) is 5.75 Å². The van der Waals surface area contributed by atoms with Crippen molar-refractivity contribution in [3.05, 3.63) is 94.0 Å². The van der Waals surface area contributed by atoms with E-state index in [0.717, 1.165) is 36.5 Å². The van der Waals surface area contributed by atoms with E-state index in [1.165, 1.54) is 6.07 Å². The van der Waals surface area contributed by atoms with Crippen LogP contribution in [-0.2, 0) is 17.5 Å². The van der Waals surface area contributed by atoms with E-state index in [1.807, 2.05) is 14.1 Å². The molecule has 1 amide bonds. The zero-order chi connectivity index (χ0) is 29.4. The van der Waals surface area contributed by atoms with Crippen LogP contribution in [0, 0.1) is 0 Å². The van der Waals surface area contributed by atoms with Crippen LogP contribution in [0.2, 0.25) is 5.02 Å². The Morgan fingerprint density at radius 2 is 2.02 bits per heavy atom. The molecule has 4 rings (SSSR count). The van der Waals surface area contributed by atoms with Crippen LogP contribution in [0.15, 0.2) is 77.7 Å². The van der Waals surface area contributed by atoms with Crippen LogP contribution >= 0.6 is 11.6 Å². The van der Waals surface area contributed by atoms with Crippen molar-refractivity contribution in [2.24, 2.45) is 0 Å². The zero-order valence-corrected chi connectivity index (χ0v) is 23.2. The van der Waals surface area contributed by atoms with Gasteiger partial charge in [-0.15, -0.1) is 0 Å². The summed E-state index contributed by atoms with van der Waals surface area (Å²) in [6, 6.07) is 6.68. The molecule has 0 bridgehead atoms. The maximum absolute atomic E-state index is 13.1. The Morgan fingerprint density at radius 1 is 1.20 bits per heavy atom. The molecule has 0 fully saturated rings. The summed E-state index contributed by atoms with van der Waals surface area (Å²) in [5.41, 5.74) is 7.05. The maximum Gasteiger partial charge on any atom is 0.417 e. The van der Waals surface area contributed by atoms with Crippen LogP contribution in [0.1, 0.15) is 24.1 Å². The number of carbonyl (C=O) groups excluding carboxylic acids is 1. The molecule has 1 aliphatic carbocycles. The number of amides is 1. The first-order valence-corrected chi connectivity index (χ1v) is 13.1. The molecular weight excluding hydrogens is 557 g/mol. The molecule has 3 N–H and O–H groups in total. The average Bonchev–Trinajstić information content (AvgIpc) is 3.40. The number of ether oxygens (including phenoxy) is 1. The summed E-state index contributed by atoms with van der Waals surface area (Å²) in [4.78, 5) is 26.5. The molecular formula is C29H28ClF3N6O2. The van der Waals surface area contributed by atoms with Crippen LogP contribution in [0.3, 0.4) is 0 Å². The molecule has 0 atom stereocenters. The molecule has 41 heavy (non-hydrogen) atoms. The number of likely N-dealkylation sites (N-methyl/N-ethyl adjacent to an activating group) is 1. The molecule has 2 heterocycles. The van der Waals surface area contributed by atoms with E-state index < -0.39 is 22.7 Å². The summed E-state index contributed by atoms with van der Waals surface area (Å²) in [5.74, 6) is 1.07. The standard InChI is InChI=1S/C29H28ClF3N6O2/c1-39(2)13-12-34-17-21-18-36-28(38-21)26-16-23(10-11-35-26)41-22-5-3-4-19(14-22)6-9-27(40)37-20-7-8-25(30)24(15-20)29(31,32)33/h4,7-8,10-11,14-16,18,34H,6,9,12-13,17H2,1-2H3,(H,36,38)(H,37,40). The summed E-state index contributed by atoms with van der Waals surface area (Å²) in [6.45, 7) is 2.44. The maximum atomic E-state index is 13.1. The topological polar surface area (TPSA) is 95.2 Å². The van der Waals surface area contributed by atoms with Crippen molar-refractivity contribution in [3.63, 3.8) is 0 Å². The molecule has 12 heteroatoms. The number of alkyl halides is 3. The number of carbonyl (C=O) groups is 1. The quantitative estimate of drug-likeness (QED) is 0.186. The van der Waals surface area contributed by atoms with Gasteiger partial charge in [-0.1, -0.05) is 17.3 Å². The van der Waals surface area contributed by atoms with Crippen molar-refractivity contribution in [1.82, 2.24) is 25.2 Å². The summed E-state index contributed by atoms with van der Waals surface area (Å²) >= 11 is 5.64. The monoisotopic (exact) mass is 584 g/mol. The highest BCUT2D eigenvalue weighted by Gasteiger charge is 2.33. The number of hydrogen-bond donors (Lipinski definition) is 3. The predicted octanol–water partition coefficient (Wildman–Crippen LogP) is 5.73. The second-order valence-electron chi connectivity index (χ2n) is 9.45. The molecule has 8 nitrogen and oxygen atoms in total. The summed E-state index contributed by atoms with van der Waals surface area (Å²) in [5, 5.41) is 5.40. The number of benzene rings is 1. The molecule has 0 unspecified atom stereocenters. The number of aromatic nitrogens is 3. The van der Waals surface area contributed by atoms with Gasteiger partial charge in [0.05, 0.1) is 16.8 Å². The number of pyridine rings is 1. The first-order chi connectivity index (χ1) is 19.6. The number of allylic oxidation sites excluding steroid dienone is 3. The number of hydrogen-bond acceptors (Lipinski definition) is 6. The predicted molar refractivity (Wildman–Crippen MR) is 150 cm³/mol. The lowest BCUT2D eigenvalue weighted by atomic mass is 10.1. The van der Waals surface area contributed by atoms with Crippen molar-refractivity contribution in [2.75, 3.05) is 32.5 Å². The number of anilines is 1. The number of nitrogens with one attached hydrogen (secondary N) is 3. The Labute approximate surface area is 240 Å². The average molecular weight is 585 g/mol. The number of aromatic amines is 1. The van der Waals surface area contributed by atoms with Crippen LogP contribution in [0.4, 0.5) is 18.9 Å². The molecule has 3 aromatic rings. The molecule has 0 spiro atoms. The summed E-state index contributed by atoms with van der Waals surface area (Å²) < 4.78 is 45.2. The highest BCUT2D eigenvalue weighted by Crippen LogP contribution is 2.36. The normalized spacial score (nSPS) is 12.9. The van der Waals surface area contributed by atoms with Crippen LogP contribution in [0.25, 0.3) is 11.5 Å². The van der Waals surface area contributed by atoms with E-state index >= 15 is 0 Å². The lowest BCUT2D eigenvalue weighted by molar-refractivity contribution is -0.137. The fourth-order valence-corrected chi connectivity index (χ4v) is 4.01. The van der Waals surface area contributed by atoms with Gasteiger partial charge in [-0.3, -0.25) is 9.78 Å². The number of halogens is 4. The molecule has 1 aromatic carbocycles. The van der Waals surface area contributed by atoms with Gasteiger partial charge in [-0.05, 0) is 68.2 Å². The van der Waals surface area contributed by atoms with E-state index in [4.69, 9.17) is 16.3 Å².